The van der Waals surface area contributed by atoms with Crippen LogP contribution >= 0.6 is 0 Å². The molecule has 9 heterocycles. The summed E-state index contributed by atoms with van der Waals surface area (Å²) < 4.78 is 7.30. The molecule has 9 aromatic heterocycles. The predicted octanol–water partition coefficient (Wildman–Crippen LogP) is 32.9. The van der Waals surface area contributed by atoms with Gasteiger partial charge in [0.15, 0.2) is 0 Å². The Hall–Kier alpha value is -18.2. The van der Waals surface area contributed by atoms with Gasteiger partial charge in [-0.2, -0.15) is 0 Å². The average molecular weight is 1710 g/mol. The van der Waals surface area contributed by atoms with Crippen LogP contribution in [0.5, 0.6) is 0 Å². The molecule has 22 aromatic carbocycles. The highest BCUT2D eigenvalue weighted by molar-refractivity contribution is 6.30. The molecular weight excluding hydrogens is 1640 g/mol. The van der Waals surface area contributed by atoms with Gasteiger partial charge in [-0.25, -0.2) is 0 Å². The summed E-state index contributed by atoms with van der Waals surface area (Å²) in [6, 6.07) is 148. The van der Waals surface area contributed by atoms with E-state index in [0.29, 0.717) is 0 Å². The van der Waals surface area contributed by atoms with E-state index in [1.807, 2.05) is 0 Å². The van der Waals surface area contributed by atoms with E-state index in [9.17, 15) is 0 Å². The van der Waals surface area contributed by atoms with E-state index in [0.717, 1.165) is 65.4 Å². The van der Waals surface area contributed by atoms with Gasteiger partial charge in [0.2, 0.25) is 0 Å². The van der Waals surface area contributed by atoms with Crippen molar-refractivity contribution in [1.29, 1.82) is 0 Å². The monoisotopic (exact) mass is 1710 g/mol. The Kier molecular flexibility index (Phi) is 16.1. The van der Waals surface area contributed by atoms with Crippen molar-refractivity contribution in [2.75, 3.05) is 0 Å². The Morgan fingerprint density at radius 2 is 0.289 bits per heavy atom. The summed E-state index contributed by atoms with van der Waals surface area (Å²) in [6.45, 7) is 0. The van der Waals surface area contributed by atoms with Crippen LogP contribution in [0, 0.1) is 0 Å². The van der Waals surface area contributed by atoms with Gasteiger partial charge in [-0.1, -0.05) is 309 Å². The molecule has 135 heavy (non-hydrogen) atoms. The lowest BCUT2D eigenvalue weighted by Crippen LogP contribution is -1.89. The van der Waals surface area contributed by atoms with Crippen LogP contribution in [-0.4, -0.2) is 43.1 Å². The van der Waals surface area contributed by atoms with Gasteiger partial charge in [0.25, 0.3) is 0 Å². The maximum absolute atomic E-state index is 4.78. The molecule has 0 bridgehead atoms. The van der Waals surface area contributed by atoms with Crippen molar-refractivity contribution in [2.24, 2.45) is 0 Å². The molecule has 0 aliphatic heterocycles. The molecule has 0 atom stereocenters. The second kappa shape index (κ2) is 29.2. The highest BCUT2D eigenvalue weighted by Gasteiger charge is 2.24. The summed E-state index contributed by atoms with van der Waals surface area (Å²) in [5, 5.41) is 29.6. The molecule has 9 nitrogen and oxygen atoms in total. The van der Waals surface area contributed by atoms with Crippen molar-refractivity contribution in [3.63, 3.8) is 0 Å². The molecule has 31 aromatic rings. The molecule has 622 valence electrons. The second-order valence-corrected chi connectivity index (χ2v) is 35.9. The van der Waals surface area contributed by atoms with E-state index in [1.165, 1.54) is 224 Å². The van der Waals surface area contributed by atoms with E-state index in [4.69, 9.17) is 24.9 Å². The molecule has 0 aliphatic carbocycles. The third-order valence-corrected chi connectivity index (χ3v) is 28.8. The quantitative estimate of drug-likeness (QED) is 0.148. The zero-order valence-electron chi connectivity index (χ0n) is 72.7. The minimum atomic E-state index is 0.943. The summed E-state index contributed by atoms with van der Waals surface area (Å²) in [6.07, 6.45) is 10.7. The number of nitrogens with zero attached hydrogens (tertiary/aromatic N) is 9. The van der Waals surface area contributed by atoms with Crippen LogP contribution in [0.25, 0.3) is 290 Å². The van der Waals surface area contributed by atoms with Crippen LogP contribution in [0.3, 0.4) is 0 Å². The molecule has 31 rings (SSSR count). The van der Waals surface area contributed by atoms with Crippen molar-refractivity contribution >= 4 is 212 Å². The highest BCUT2D eigenvalue weighted by atomic mass is 14.9. The van der Waals surface area contributed by atoms with Crippen LogP contribution in [-0.2, 0) is 0 Å². The number of aromatic nitrogens is 9. The molecule has 0 aliphatic rings. The average Bonchev–Trinajstić information content (AvgIpc) is 1.55. The normalized spacial score (nSPS) is 12.1. The van der Waals surface area contributed by atoms with Crippen molar-refractivity contribution in [3.8, 4) is 77.9 Å². The molecule has 0 saturated heterocycles. The summed E-state index contributed by atoms with van der Waals surface area (Å²) >= 11 is 0. The van der Waals surface area contributed by atoms with Gasteiger partial charge in [0, 0.05) is 134 Å². The van der Waals surface area contributed by atoms with Crippen LogP contribution in [0.1, 0.15) is 0 Å². The van der Waals surface area contributed by atoms with Crippen LogP contribution in [0.2, 0.25) is 0 Å². The molecule has 0 fully saturated rings. The molecule has 0 amide bonds. The van der Waals surface area contributed by atoms with Crippen molar-refractivity contribution < 1.29 is 0 Å². The number of para-hydroxylation sites is 6. The molecule has 0 N–H and O–H groups in total. The van der Waals surface area contributed by atoms with Crippen molar-refractivity contribution in [2.45, 2.75) is 0 Å². The summed E-state index contributed by atoms with van der Waals surface area (Å²) in [5.41, 5.74) is 34.0. The summed E-state index contributed by atoms with van der Waals surface area (Å²) in [7, 11) is 0. The van der Waals surface area contributed by atoms with E-state index in [-0.39, 0.29) is 0 Å². The summed E-state index contributed by atoms with van der Waals surface area (Å²) in [4.78, 5) is 28.3. The van der Waals surface area contributed by atoms with E-state index in [1.54, 1.807) is 37.2 Å². The lowest BCUT2D eigenvalue weighted by atomic mass is 9.93. The Morgan fingerprint density at radius 3 is 0.585 bits per heavy atom. The number of hydrogen-bond acceptors (Lipinski definition) is 6. The molecule has 0 unspecified atom stereocenters. The predicted molar refractivity (Wildman–Crippen MR) is 566 cm³/mol. The fraction of sp³-hybridized carbons (Fsp3) is 0. The maximum Gasteiger partial charge on any atom is 0.0971 e. The lowest BCUT2D eigenvalue weighted by Gasteiger charge is -2.12. The highest BCUT2D eigenvalue weighted by Crippen LogP contribution is 2.48. The summed E-state index contributed by atoms with van der Waals surface area (Å²) in [5.74, 6) is 0. The van der Waals surface area contributed by atoms with E-state index in [2.05, 4.69) is 425 Å². The van der Waals surface area contributed by atoms with Gasteiger partial charge in [-0.3, -0.25) is 29.9 Å². The number of fused-ring (bicyclic) bond motifs is 36. The first-order valence-electron chi connectivity index (χ1n) is 46.1. The molecule has 9 heteroatoms. The first-order valence-corrected chi connectivity index (χ1v) is 46.1. The third kappa shape index (κ3) is 11.3. The van der Waals surface area contributed by atoms with Gasteiger partial charge in [0.05, 0.1) is 82.8 Å². The zero-order chi connectivity index (χ0) is 88.2. The number of rotatable bonds is 7. The smallest absolute Gasteiger partial charge is 0.0971 e. The van der Waals surface area contributed by atoms with Crippen molar-refractivity contribution in [1.82, 2.24) is 43.1 Å². The molecule has 0 saturated carbocycles. The minimum absolute atomic E-state index is 0.943. The first kappa shape index (κ1) is 74.7. The molecule has 0 spiro atoms. The zero-order valence-corrected chi connectivity index (χ0v) is 72.7. The van der Waals surface area contributed by atoms with Crippen LogP contribution in [0.4, 0.5) is 0 Å². The largest absolute Gasteiger partial charge is 0.308 e. The van der Waals surface area contributed by atoms with Gasteiger partial charge in [0.1, 0.15) is 0 Å². The van der Waals surface area contributed by atoms with Gasteiger partial charge >= 0.3 is 0 Å². The SMILES string of the molecule is c1cc(-c2ccc3c(c2)c2ccccc2c2nccnc32)cc(-c2ccc3c(c2)c2cccc4c5ccccc5n3c42)c1.c1cc(-c2ccc3c4ccccc4c4nccnc4c3c2)cc(-c2ccc3c(c2)c2cccc4c5ccccc5n3c42)c1.c1cc(-c2cccc(-c3ccc4c(c3)c3cccc5c6ccccc6n4c53)c2)cc(-c2ccc3c(c2)c2ccccc2c2nccnc32)c1. The van der Waals surface area contributed by atoms with Gasteiger partial charge in [-0.15, -0.1) is 0 Å². The lowest BCUT2D eigenvalue weighted by molar-refractivity contribution is 1.31. The molecular formula is C126H73N9. The Labute approximate surface area is 771 Å². The van der Waals surface area contributed by atoms with Crippen molar-refractivity contribution in [3.05, 3.63) is 444 Å². The Morgan fingerprint density at radius 1 is 0.111 bits per heavy atom. The number of hydrogen-bond donors (Lipinski definition) is 0. The Bertz CT molecular complexity index is 9970. The van der Waals surface area contributed by atoms with E-state index >= 15 is 0 Å². The fourth-order valence-electron chi connectivity index (χ4n) is 22.8. The third-order valence-electron chi connectivity index (χ3n) is 28.8. The minimum Gasteiger partial charge on any atom is -0.308 e. The topological polar surface area (TPSA) is 90.6 Å². The number of benzene rings is 22. The fourth-order valence-corrected chi connectivity index (χ4v) is 22.8. The van der Waals surface area contributed by atoms with Gasteiger partial charge < -0.3 is 13.2 Å². The molecule has 0 radical (unpaired) electrons. The second-order valence-electron chi connectivity index (χ2n) is 35.9. The first-order chi connectivity index (χ1) is 67.0. The standard InChI is InChI=1S/C46H27N3.2C40H23N3/c1-2-14-36-34(12-1)40-26-32(18-20-37(40)45-44(36)47-22-23-48-45)30-10-5-8-28(24-30)29-9-6-11-31(25-29)33-19-21-43-41(27-33)39-16-7-15-38-35-13-3-4-17-42(35)49(43)46(38)39;1-2-11-31-28(9-1)29-17-15-26(23-35(29)39-38(31)41-19-20-42-39)24-7-5-8-25(21-24)27-16-18-37-34(22-27)33-13-6-12-32-30-10-3-4-14-36(30)43(37)40(32)33;1-2-11-30-28(9-1)34-22-26(15-17-31(34)39-38(30)41-19-20-42-39)24-7-5-8-25(21-24)27-16-18-37-35(23-27)33-13-6-12-32-29-10-3-4-14-36(29)43(37)40(32)33/h1-27H;2*1-23H. The van der Waals surface area contributed by atoms with Crippen LogP contribution in [0.15, 0.2) is 444 Å². The maximum atomic E-state index is 4.78. The van der Waals surface area contributed by atoms with E-state index < -0.39 is 0 Å². The Balaban J connectivity index is 0.0000000987. The van der Waals surface area contributed by atoms with Crippen LogP contribution < -0.4 is 0 Å². The van der Waals surface area contributed by atoms with Gasteiger partial charge in [-0.05, 0) is 207 Å².